The molecule has 0 aliphatic heterocycles. The number of hydrogen-bond acceptors (Lipinski definition) is 2. The molecule has 0 bridgehead atoms. The summed E-state index contributed by atoms with van der Waals surface area (Å²) in [4.78, 5) is 0. The van der Waals surface area contributed by atoms with E-state index in [1.165, 1.54) is 16.5 Å². The van der Waals surface area contributed by atoms with Gasteiger partial charge in [0.25, 0.3) is 0 Å². The molecule has 0 aliphatic carbocycles. The van der Waals surface area contributed by atoms with Crippen LogP contribution in [0.1, 0.15) is 25.5 Å². The van der Waals surface area contributed by atoms with Gasteiger partial charge >= 0.3 is 0 Å². The number of hydrogen-bond donors (Lipinski definition) is 1. The Balaban J connectivity index is 2.72. The molecule has 1 aromatic heterocycles. The van der Waals surface area contributed by atoms with E-state index in [1.807, 2.05) is 0 Å². The van der Waals surface area contributed by atoms with Crippen LogP contribution in [0.3, 0.4) is 0 Å². The standard InChI is InChI=1S/C12H16BrN3/c1-8(2)16-11-9(6-7-14)4-3-5-10(11)12(13)15-16/h3-5,8H,6-7,14H2,1-2H3. The van der Waals surface area contributed by atoms with Gasteiger partial charge in [0.05, 0.1) is 5.52 Å². The molecule has 0 amide bonds. The van der Waals surface area contributed by atoms with Gasteiger partial charge in [0, 0.05) is 11.4 Å². The highest BCUT2D eigenvalue weighted by atomic mass is 79.9. The maximum Gasteiger partial charge on any atom is 0.136 e. The number of aromatic nitrogens is 2. The van der Waals surface area contributed by atoms with Crippen molar-refractivity contribution in [2.45, 2.75) is 26.3 Å². The van der Waals surface area contributed by atoms with Crippen molar-refractivity contribution in [3.63, 3.8) is 0 Å². The fourth-order valence-corrected chi connectivity index (χ4v) is 2.45. The number of nitrogens with zero attached hydrogens (tertiary/aromatic N) is 2. The van der Waals surface area contributed by atoms with E-state index in [9.17, 15) is 0 Å². The minimum atomic E-state index is 0.354. The number of benzene rings is 1. The molecule has 1 heterocycles. The lowest BCUT2D eigenvalue weighted by Crippen LogP contribution is -2.07. The van der Waals surface area contributed by atoms with Crippen molar-refractivity contribution in [3.8, 4) is 0 Å². The van der Waals surface area contributed by atoms with Crippen molar-refractivity contribution in [3.05, 3.63) is 28.4 Å². The Hall–Kier alpha value is -0.870. The van der Waals surface area contributed by atoms with Gasteiger partial charge in [0.2, 0.25) is 0 Å². The molecular formula is C12H16BrN3. The largest absolute Gasteiger partial charge is 0.330 e. The van der Waals surface area contributed by atoms with Gasteiger partial charge in [-0.05, 0) is 48.3 Å². The summed E-state index contributed by atoms with van der Waals surface area (Å²) in [6.07, 6.45) is 0.891. The molecule has 0 unspecified atom stereocenters. The van der Waals surface area contributed by atoms with E-state index in [2.05, 4.69) is 57.8 Å². The highest BCUT2D eigenvalue weighted by molar-refractivity contribution is 9.10. The summed E-state index contributed by atoms with van der Waals surface area (Å²) in [6, 6.07) is 6.63. The Bertz CT molecular complexity index is 502. The van der Waals surface area contributed by atoms with Crippen molar-refractivity contribution in [2.75, 3.05) is 6.54 Å². The molecule has 2 rings (SSSR count). The van der Waals surface area contributed by atoms with Crippen LogP contribution in [-0.2, 0) is 6.42 Å². The van der Waals surface area contributed by atoms with Crippen molar-refractivity contribution in [2.24, 2.45) is 5.73 Å². The fraction of sp³-hybridized carbons (Fsp3) is 0.417. The van der Waals surface area contributed by atoms with Crippen LogP contribution in [-0.4, -0.2) is 16.3 Å². The number of nitrogens with two attached hydrogens (primary N) is 1. The molecule has 0 aliphatic rings. The zero-order valence-corrected chi connectivity index (χ0v) is 11.2. The lowest BCUT2D eigenvalue weighted by Gasteiger charge is -2.10. The Kier molecular flexibility index (Phi) is 3.30. The maximum absolute atomic E-state index is 5.64. The van der Waals surface area contributed by atoms with Gasteiger partial charge < -0.3 is 5.73 Å². The van der Waals surface area contributed by atoms with Gasteiger partial charge in [0.1, 0.15) is 4.60 Å². The van der Waals surface area contributed by atoms with Crippen LogP contribution in [0.5, 0.6) is 0 Å². The van der Waals surface area contributed by atoms with E-state index < -0.39 is 0 Å². The summed E-state index contributed by atoms with van der Waals surface area (Å²) in [5, 5.41) is 5.69. The predicted octanol–water partition coefficient (Wildman–Crippen LogP) is 2.88. The van der Waals surface area contributed by atoms with Gasteiger partial charge in [-0.3, -0.25) is 4.68 Å². The quantitative estimate of drug-likeness (QED) is 0.940. The smallest absolute Gasteiger partial charge is 0.136 e. The monoisotopic (exact) mass is 281 g/mol. The number of halogens is 1. The summed E-state index contributed by atoms with van der Waals surface area (Å²) in [6.45, 7) is 4.94. The van der Waals surface area contributed by atoms with Crippen molar-refractivity contribution in [1.82, 2.24) is 9.78 Å². The second-order valence-electron chi connectivity index (χ2n) is 4.18. The van der Waals surface area contributed by atoms with E-state index in [1.54, 1.807) is 0 Å². The van der Waals surface area contributed by atoms with Crippen molar-refractivity contribution >= 4 is 26.8 Å². The third kappa shape index (κ3) is 1.87. The second-order valence-corrected chi connectivity index (χ2v) is 4.93. The van der Waals surface area contributed by atoms with Gasteiger partial charge in [-0.15, -0.1) is 0 Å². The third-order valence-electron chi connectivity index (χ3n) is 2.67. The molecule has 0 atom stereocenters. The molecule has 2 N–H and O–H groups in total. The zero-order valence-electron chi connectivity index (χ0n) is 9.57. The minimum absolute atomic E-state index is 0.354. The van der Waals surface area contributed by atoms with Crippen LogP contribution in [0.2, 0.25) is 0 Å². The first-order chi connectivity index (χ1) is 7.65. The number of para-hydroxylation sites is 1. The normalized spacial score (nSPS) is 11.6. The number of fused-ring (bicyclic) bond motifs is 1. The molecule has 0 spiro atoms. The van der Waals surface area contributed by atoms with Crippen LogP contribution in [0.25, 0.3) is 10.9 Å². The average Bonchev–Trinajstić information content (AvgIpc) is 2.58. The predicted molar refractivity (Wildman–Crippen MR) is 70.6 cm³/mol. The Morgan fingerprint density at radius 1 is 1.44 bits per heavy atom. The average molecular weight is 282 g/mol. The first-order valence-electron chi connectivity index (χ1n) is 5.50. The van der Waals surface area contributed by atoms with Crippen LogP contribution < -0.4 is 5.73 Å². The van der Waals surface area contributed by atoms with E-state index in [0.29, 0.717) is 12.6 Å². The molecule has 0 fully saturated rings. The molecule has 2 aromatic rings. The van der Waals surface area contributed by atoms with Gasteiger partial charge in [0.15, 0.2) is 0 Å². The van der Waals surface area contributed by atoms with E-state index in [0.717, 1.165) is 11.0 Å². The molecule has 4 heteroatoms. The van der Waals surface area contributed by atoms with Crippen LogP contribution >= 0.6 is 15.9 Å². The van der Waals surface area contributed by atoms with Crippen LogP contribution in [0, 0.1) is 0 Å². The van der Waals surface area contributed by atoms with Crippen LogP contribution in [0.15, 0.2) is 22.8 Å². The van der Waals surface area contributed by atoms with Crippen molar-refractivity contribution < 1.29 is 0 Å². The molecule has 3 nitrogen and oxygen atoms in total. The maximum atomic E-state index is 5.64. The number of rotatable bonds is 3. The molecule has 0 saturated carbocycles. The summed E-state index contributed by atoms with van der Waals surface area (Å²) in [5.41, 5.74) is 8.12. The van der Waals surface area contributed by atoms with E-state index in [-0.39, 0.29) is 0 Å². The molecular weight excluding hydrogens is 266 g/mol. The highest BCUT2D eigenvalue weighted by Crippen LogP contribution is 2.28. The fourth-order valence-electron chi connectivity index (χ4n) is 1.96. The molecule has 1 aromatic carbocycles. The first-order valence-corrected chi connectivity index (χ1v) is 6.30. The Morgan fingerprint density at radius 2 is 2.19 bits per heavy atom. The lowest BCUT2D eigenvalue weighted by atomic mass is 10.1. The van der Waals surface area contributed by atoms with Crippen molar-refractivity contribution in [1.29, 1.82) is 0 Å². The topological polar surface area (TPSA) is 43.8 Å². The third-order valence-corrected chi connectivity index (χ3v) is 3.26. The minimum Gasteiger partial charge on any atom is -0.330 e. The van der Waals surface area contributed by atoms with Gasteiger partial charge in [-0.1, -0.05) is 18.2 Å². The summed E-state index contributed by atoms with van der Waals surface area (Å²) in [7, 11) is 0. The summed E-state index contributed by atoms with van der Waals surface area (Å²) >= 11 is 3.51. The van der Waals surface area contributed by atoms with Crippen LogP contribution in [0.4, 0.5) is 0 Å². The zero-order chi connectivity index (χ0) is 11.7. The van der Waals surface area contributed by atoms with E-state index >= 15 is 0 Å². The van der Waals surface area contributed by atoms with E-state index in [4.69, 9.17) is 5.73 Å². The molecule has 0 saturated heterocycles. The molecule has 86 valence electrons. The molecule has 16 heavy (non-hydrogen) atoms. The second kappa shape index (κ2) is 4.55. The summed E-state index contributed by atoms with van der Waals surface area (Å²) < 4.78 is 2.97. The van der Waals surface area contributed by atoms with Gasteiger partial charge in [-0.25, -0.2) is 0 Å². The van der Waals surface area contributed by atoms with Gasteiger partial charge in [-0.2, -0.15) is 5.10 Å². The Morgan fingerprint density at radius 3 is 2.81 bits per heavy atom. The lowest BCUT2D eigenvalue weighted by molar-refractivity contribution is 0.546. The summed E-state index contributed by atoms with van der Waals surface area (Å²) in [5.74, 6) is 0. The SMILES string of the molecule is CC(C)n1nc(Br)c2cccc(CCN)c21. The highest BCUT2D eigenvalue weighted by Gasteiger charge is 2.13. The Labute approximate surface area is 104 Å². The first kappa shape index (κ1) is 11.6. The molecule has 0 radical (unpaired) electrons.